The lowest BCUT2D eigenvalue weighted by Crippen LogP contribution is -2.33. The SMILES string of the molecule is COc1ccc(CO)c(OCC(=O)N(C)C2CC2)c1. The van der Waals surface area contributed by atoms with Gasteiger partial charge in [-0.3, -0.25) is 4.79 Å². The van der Waals surface area contributed by atoms with E-state index < -0.39 is 0 Å². The van der Waals surface area contributed by atoms with Crippen LogP contribution in [0.2, 0.25) is 0 Å². The quantitative estimate of drug-likeness (QED) is 0.839. The van der Waals surface area contributed by atoms with Crippen molar-refractivity contribution < 1.29 is 19.4 Å². The molecule has 0 spiro atoms. The van der Waals surface area contributed by atoms with E-state index in [0.717, 1.165) is 12.8 Å². The van der Waals surface area contributed by atoms with Crippen LogP contribution in [0.4, 0.5) is 0 Å². The fourth-order valence-electron chi connectivity index (χ4n) is 1.83. The minimum Gasteiger partial charge on any atom is -0.497 e. The molecule has 104 valence electrons. The van der Waals surface area contributed by atoms with Gasteiger partial charge >= 0.3 is 0 Å². The van der Waals surface area contributed by atoms with Crippen LogP contribution in [0, 0.1) is 0 Å². The summed E-state index contributed by atoms with van der Waals surface area (Å²) in [5.74, 6) is 1.07. The van der Waals surface area contributed by atoms with E-state index in [1.165, 1.54) is 0 Å². The first-order valence-electron chi connectivity index (χ1n) is 6.32. The summed E-state index contributed by atoms with van der Waals surface area (Å²) in [5, 5.41) is 9.24. The average Bonchev–Trinajstić information content (AvgIpc) is 3.28. The summed E-state index contributed by atoms with van der Waals surface area (Å²) in [6, 6.07) is 5.52. The van der Waals surface area contributed by atoms with Crippen LogP contribution in [-0.2, 0) is 11.4 Å². The number of likely N-dealkylation sites (N-methyl/N-ethyl adjacent to an activating group) is 1. The van der Waals surface area contributed by atoms with Crippen molar-refractivity contribution in [1.29, 1.82) is 0 Å². The summed E-state index contributed by atoms with van der Waals surface area (Å²) in [7, 11) is 3.35. The van der Waals surface area contributed by atoms with Crippen LogP contribution in [0.15, 0.2) is 18.2 Å². The number of rotatable bonds is 6. The van der Waals surface area contributed by atoms with E-state index in [1.807, 2.05) is 0 Å². The summed E-state index contributed by atoms with van der Waals surface area (Å²) in [6.07, 6.45) is 2.15. The van der Waals surface area contributed by atoms with Crippen LogP contribution in [0.5, 0.6) is 11.5 Å². The molecule has 1 aliphatic rings. The molecule has 0 radical (unpaired) electrons. The van der Waals surface area contributed by atoms with E-state index in [2.05, 4.69) is 0 Å². The minimum atomic E-state index is -0.133. The predicted octanol–water partition coefficient (Wildman–Crippen LogP) is 1.19. The molecule has 1 N–H and O–H groups in total. The zero-order chi connectivity index (χ0) is 13.8. The monoisotopic (exact) mass is 265 g/mol. The fourth-order valence-corrected chi connectivity index (χ4v) is 1.83. The lowest BCUT2D eigenvalue weighted by molar-refractivity contribution is -0.132. The van der Waals surface area contributed by atoms with E-state index >= 15 is 0 Å². The predicted molar refractivity (Wildman–Crippen MR) is 70.2 cm³/mol. The number of methoxy groups -OCH3 is 1. The lowest BCUT2D eigenvalue weighted by atomic mass is 10.2. The molecule has 1 aromatic rings. The molecule has 0 saturated heterocycles. The van der Waals surface area contributed by atoms with E-state index in [1.54, 1.807) is 37.3 Å². The van der Waals surface area contributed by atoms with Crippen molar-refractivity contribution in [1.82, 2.24) is 4.90 Å². The van der Waals surface area contributed by atoms with Crippen molar-refractivity contribution >= 4 is 5.91 Å². The number of hydrogen-bond donors (Lipinski definition) is 1. The molecule has 1 fully saturated rings. The van der Waals surface area contributed by atoms with Gasteiger partial charge in [0, 0.05) is 24.7 Å². The van der Waals surface area contributed by atoms with Crippen LogP contribution in [0.3, 0.4) is 0 Å². The van der Waals surface area contributed by atoms with Crippen molar-refractivity contribution in [2.45, 2.75) is 25.5 Å². The van der Waals surface area contributed by atoms with Gasteiger partial charge in [0.05, 0.1) is 13.7 Å². The van der Waals surface area contributed by atoms with Gasteiger partial charge in [-0.2, -0.15) is 0 Å². The molecule has 19 heavy (non-hydrogen) atoms. The summed E-state index contributed by atoms with van der Waals surface area (Å²) in [6.45, 7) is -0.154. The second-order valence-electron chi connectivity index (χ2n) is 4.66. The Morgan fingerprint density at radius 3 is 2.79 bits per heavy atom. The number of hydrogen-bond acceptors (Lipinski definition) is 4. The Bertz CT molecular complexity index is 457. The van der Waals surface area contributed by atoms with Crippen LogP contribution < -0.4 is 9.47 Å². The van der Waals surface area contributed by atoms with Gasteiger partial charge in [-0.05, 0) is 25.0 Å². The maximum atomic E-state index is 11.9. The molecular weight excluding hydrogens is 246 g/mol. The Balaban J connectivity index is 1.99. The first kappa shape index (κ1) is 13.7. The van der Waals surface area contributed by atoms with Crippen molar-refractivity contribution in [3.8, 4) is 11.5 Å². The van der Waals surface area contributed by atoms with Crippen LogP contribution in [-0.4, -0.2) is 42.7 Å². The minimum absolute atomic E-state index is 0.0207. The molecule has 0 heterocycles. The number of carbonyl (C=O) groups is 1. The smallest absolute Gasteiger partial charge is 0.260 e. The second-order valence-corrected chi connectivity index (χ2v) is 4.66. The Kier molecular flexibility index (Phi) is 4.27. The highest BCUT2D eigenvalue weighted by molar-refractivity contribution is 5.78. The molecule has 0 bridgehead atoms. The van der Waals surface area contributed by atoms with Gasteiger partial charge in [-0.1, -0.05) is 0 Å². The molecule has 2 rings (SSSR count). The number of benzene rings is 1. The third kappa shape index (κ3) is 3.38. The molecule has 1 amide bonds. The van der Waals surface area contributed by atoms with E-state index in [0.29, 0.717) is 23.1 Å². The highest BCUT2D eigenvalue weighted by Gasteiger charge is 2.29. The molecule has 0 aromatic heterocycles. The van der Waals surface area contributed by atoms with Gasteiger partial charge in [0.1, 0.15) is 11.5 Å². The van der Waals surface area contributed by atoms with Crippen molar-refractivity contribution in [3.05, 3.63) is 23.8 Å². The maximum Gasteiger partial charge on any atom is 0.260 e. The largest absolute Gasteiger partial charge is 0.497 e. The molecule has 0 unspecified atom stereocenters. The van der Waals surface area contributed by atoms with Crippen molar-refractivity contribution in [2.75, 3.05) is 20.8 Å². The molecule has 0 aliphatic heterocycles. The summed E-state index contributed by atoms with van der Waals surface area (Å²) in [5.41, 5.74) is 0.641. The molecule has 1 saturated carbocycles. The summed E-state index contributed by atoms with van der Waals surface area (Å²) in [4.78, 5) is 13.6. The molecule has 5 heteroatoms. The van der Waals surface area contributed by atoms with Crippen molar-refractivity contribution in [3.63, 3.8) is 0 Å². The lowest BCUT2D eigenvalue weighted by Gasteiger charge is -2.17. The highest BCUT2D eigenvalue weighted by Crippen LogP contribution is 2.27. The number of ether oxygens (including phenoxy) is 2. The maximum absolute atomic E-state index is 11.9. The van der Waals surface area contributed by atoms with Gasteiger partial charge in [0.15, 0.2) is 6.61 Å². The topological polar surface area (TPSA) is 59.0 Å². The van der Waals surface area contributed by atoms with Gasteiger partial charge in [0.25, 0.3) is 5.91 Å². The Labute approximate surface area is 112 Å². The number of amides is 1. The van der Waals surface area contributed by atoms with Gasteiger partial charge in [-0.25, -0.2) is 0 Å². The first-order chi connectivity index (χ1) is 9.15. The van der Waals surface area contributed by atoms with E-state index in [-0.39, 0.29) is 19.1 Å². The molecule has 1 aliphatic carbocycles. The Hall–Kier alpha value is -1.75. The Morgan fingerprint density at radius 1 is 1.47 bits per heavy atom. The van der Waals surface area contributed by atoms with Gasteiger partial charge < -0.3 is 19.5 Å². The number of carbonyl (C=O) groups excluding carboxylic acids is 1. The van der Waals surface area contributed by atoms with E-state index in [9.17, 15) is 9.90 Å². The normalized spacial score (nSPS) is 14.1. The molecular formula is C14H19NO4. The third-order valence-corrected chi connectivity index (χ3v) is 3.28. The second kappa shape index (κ2) is 5.93. The zero-order valence-corrected chi connectivity index (χ0v) is 11.3. The fraction of sp³-hybridized carbons (Fsp3) is 0.500. The number of aliphatic hydroxyl groups excluding tert-OH is 1. The molecule has 0 atom stereocenters. The summed E-state index contributed by atoms with van der Waals surface area (Å²) < 4.78 is 10.6. The average molecular weight is 265 g/mol. The molecule has 5 nitrogen and oxygen atoms in total. The number of aliphatic hydroxyl groups is 1. The summed E-state index contributed by atoms with van der Waals surface area (Å²) >= 11 is 0. The zero-order valence-electron chi connectivity index (χ0n) is 11.3. The van der Waals surface area contributed by atoms with E-state index in [4.69, 9.17) is 9.47 Å². The number of nitrogens with zero attached hydrogens (tertiary/aromatic N) is 1. The third-order valence-electron chi connectivity index (χ3n) is 3.28. The Morgan fingerprint density at radius 2 is 2.21 bits per heavy atom. The van der Waals surface area contributed by atoms with Crippen LogP contribution in [0.25, 0.3) is 0 Å². The van der Waals surface area contributed by atoms with Gasteiger partial charge in [-0.15, -0.1) is 0 Å². The highest BCUT2D eigenvalue weighted by atomic mass is 16.5. The first-order valence-corrected chi connectivity index (χ1v) is 6.32. The standard InChI is InChI=1S/C14H19NO4/c1-15(11-4-5-11)14(17)9-19-13-7-12(18-2)6-3-10(13)8-16/h3,6-7,11,16H,4-5,8-9H2,1-2H3. The van der Waals surface area contributed by atoms with Crippen molar-refractivity contribution in [2.24, 2.45) is 0 Å². The van der Waals surface area contributed by atoms with Crippen LogP contribution >= 0.6 is 0 Å². The van der Waals surface area contributed by atoms with Crippen LogP contribution in [0.1, 0.15) is 18.4 Å². The van der Waals surface area contributed by atoms with Gasteiger partial charge in [0.2, 0.25) is 0 Å². The molecule has 1 aromatic carbocycles.